The Morgan fingerprint density at radius 1 is 1.12 bits per heavy atom. The summed E-state index contributed by atoms with van der Waals surface area (Å²) in [6, 6.07) is 8.96. The van der Waals surface area contributed by atoms with Crippen molar-refractivity contribution in [1.82, 2.24) is 9.78 Å². The summed E-state index contributed by atoms with van der Waals surface area (Å²) in [7, 11) is -8.71. The highest BCUT2D eigenvalue weighted by Crippen LogP contribution is 2.36. The molecule has 1 amide bonds. The molecule has 0 aliphatic rings. The van der Waals surface area contributed by atoms with Crippen molar-refractivity contribution in [2.45, 2.75) is 31.6 Å². The Morgan fingerprint density at radius 3 is 2.43 bits per heavy atom. The number of hydrogen-bond donors (Lipinski definition) is 3. The number of hydrogen-bond acceptors (Lipinski definition) is 10. The second-order valence-electron chi connectivity index (χ2n) is 8.77. The molecule has 0 radical (unpaired) electrons. The zero-order valence-electron chi connectivity index (χ0n) is 22.2. The van der Waals surface area contributed by atoms with Crippen molar-refractivity contribution >= 4 is 72.2 Å². The molecule has 0 fully saturated rings. The lowest BCUT2D eigenvalue weighted by molar-refractivity contribution is -0.114. The molecule has 0 aliphatic carbocycles. The molecule has 0 saturated carbocycles. The van der Waals surface area contributed by atoms with Gasteiger partial charge in [-0.2, -0.15) is 27.2 Å². The van der Waals surface area contributed by atoms with Crippen LogP contribution < -0.4 is 10.2 Å². The Balaban J connectivity index is 1.99. The molecule has 14 nitrogen and oxygen atoms in total. The second kappa shape index (κ2) is 13.6. The molecule has 0 unspecified atom stereocenters. The summed E-state index contributed by atoms with van der Waals surface area (Å²) in [5.74, 6) is -0.811. The summed E-state index contributed by atoms with van der Waals surface area (Å²) in [6.45, 7) is 4.26. The summed E-state index contributed by atoms with van der Waals surface area (Å²) in [5.41, 5.74) is 1.26. The monoisotopic (exact) mass is 657 g/mol. The van der Waals surface area contributed by atoms with E-state index in [1.165, 1.54) is 13.1 Å². The van der Waals surface area contributed by atoms with E-state index in [2.05, 4.69) is 20.6 Å². The van der Waals surface area contributed by atoms with E-state index in [4.69, 9.17) is 27.8 Å². The molecule has 0 atom stereocenters. The van der Waals surface area contributed by atoms with Crippen LogP contribution in [-0.4, -0.2) is 60.5 Å². The van der Waals surface area contributed by atoms with Gasteiger partial charge in [0.15, 0.2) is 5.82 Å². The van der Waals surface area contributed by atoms with E-state index < -0.39 is 25.1 Å². The molecule has 1 heterocycles. The van der Waals surface area contributed by atoms with Gasteiger partial charge < -0.3 is 10.2 Å². The first-order valence-electron chi connectivity index (χ1n) is 12.1. The quantitative estimate of drug-likeness (QED) is 0.132. The predicted molar refractivity (Wildman–Crippen MR) is 157 cm³/mol. The zero-order valence-corrected chi connectivity index (χ0v) is 25.3. The van der Waals surface area contributed by atoms with Gasteiger partial charge in [0.2, 0.25) is 5.91 Å². The number of nitrogens with zero attached hydrogens (tertiary/aromatic N) is 6. The fourth-order valence-electron chi connectivity index (χ4n) is 3.83. The number of halogens is 2. The minimum absolute atomic E-state index is 0.00968. The number of anilines is 2. The molecule has 18 heteroatoms. The van der Waals surface area contributed by atoms with Crippen molar-refractivity contribution in [3.63, 3.8) is 0 Å². The molecule has 3 aromatic rings. The van der Waals surface area contributed by atoms with Gasteiger partial charge in [0.1, 0.15) is 22.2 Å². The van der Waals surface area contributed by atoms with Gasteiger partial charge >= 0.3 is 0 Å². The standard InChI is InChI=1S/C24H25Cl2N7O7S2/c1-3-32(8-4-5-9-41(35,36)37)17-6-7-20(21(10-17)29-15(2)34)30-31-24-16(13-27)14-28-33(24)22-11-19(26)23(12-18(22)25)42(38,39)40/h6-7,10-12,14H,3-5,8-9H2,1-2H3,(H,29,34)(H,35,36,37)(H,38,39,40). The van der Waals surface area contributed by atoms with Crippen LogP contribution in [0.4, 0.5) is 22.9 Å². The SMILES string of the molecule is CCN(CCCCS(=O)(=O)O)c1ccc(N=Nc2c(C#N)cnn2-c2cc(Cl)c(S(=O)(=O)O)cc2Cl)c(NC(C)=O)c1. The molecular formula is C24H25Cl2N7O7S2. The minimum atomic E-state index is -4.66. The van der Waals surface area contributed by atoms with E-state index in [0.29, 0.717) is 30.9 Å². The molecule has 0 spiro atoms. The van der Waals surface area contributed by atoms with E-state index >= 15 is 0 Å². The molecule has 0 aliphatic heterocycles. The van der Waals surface area contributed by atoms with Crippen molar-refractivity contribution in [3.8, 4) is 11.8 Å². The third-order valence-corrected chi connectivity index (χ3v) is 8.17. The van der Waals surface area contributed by atoms with Crippen LogP contribution in [0.3, 0.4) is 0 Å². The number of aromatic nitrogens is 2. The molecule has 1 aromatic heterocycles. The lowest BCUT2D eigenvalue weighted by atomic mass is 10.2. The Hall–Kier alpha value is -3.59. The highest BCUT2D eigenvalue weighted by molar-refractivity contribution is 7.86. The third-order valence-electron chi connectivity index (χ3n) is 5.74. The van der Waals surface area contributed by atoms with Gasteiger partial charge in [0, 0.05) is 25.7 Å². The number of rotatable bonds is 12. The Labute approximate surface area is 252 Å². The molecule has 42 heavy (non-hydrogen) atoms. The average molecular weight is 659 g/mol. The summed E-state index contributed by atoms with van der Waals surface area (Å²) < 4.78 is 64.5. The molecule has 3 N–H and O–H groups in total. The zero-order chi connectivity index (χ0) is 31.2. The molecule has 0 bridgehead atoms. The van der Waals surface area contributed by atoms with Crippen LogP contribution in [0.1, 0.15) is 32.3 Å². The molecule has 0 saturated heterocycles. The molecular weight excluding hydrogens is 633 g/mol. The number of nitrogens with one attached hydrogen (secondary N) is 1. The molecule has 224 valence electrons. The predicted octanol–water partition coefficient (Wildman–Crippen LogP) is 5.17. The van der Waals surface area contributed by atoms with Crippen molar-refractivity contribution < 1.29 is 30.7 Å². The van der Waals surface area contributed by atoms with Crippen molar-refractivity contribution in [3.05, 3.63) is 52.1 Å². The van der Waals surface area contributed by atoms with E-state index in [1.54, 1.807) is 18.2 Å². The van der Waals surface area contributed by atoms with E-state index in [-0.39, 0.29) is 50.9 Å². The number of unbranched alkanes of at least 4 members (excludes halogenated alkanes) is 1. The highest BCUT2D eigenvalue weighted by Gasteiger charge is 2.21. The van der Waals surface area contributed by atoms with E-state index in [1.807, 2.05) is 17.9 Å². The van der Waals surface area contributed by atoms with Crippen molar-refractivity contribution in [2.24, 2.45) is 10.2 Å². The number of amides is 1. The minimum Gasteiger partial charge on any atom is -0.372 e. The van der Waals surface area contributed by atoms with Crippen LogP contribution in [0.25, 0.3) is 5.69 Å². The maximum absolute atomic E-state index is 11.9. The normalized spacial score (nSPS) is 11.9. The van der Waals surface area contributed by atoms with Crippen molar-refractivity contribution in [2.75, 3.05) is 29.1 Å². The topological polar surface area (TPSA) is 207 Å². The smallest absolute Gasteiger partial charge is 0.296 e. The van der Waals surface area contributed by atoms with Crippen LogP contribution in [0.15, 0.2) is 51.7 Å². The largest absolute Gasteiger partial charge is 0.372 e. The number of benzene rings is 2. The van der Waals surface area contributed by atoms with Crippen LogP contribution in [0, 0.1) is 11.3 Å². The van der Waals surface area contributed by atoms with Crippen molar-refractivity contribution in [1.29, 1.82) is 5.26 Å². The number of carbonyl (C=O) groups excluding carboxylic acids is 1. The van der Waals surface area contributed by atoms with Gasteiger partial charge in [0.25, 0.3) is 20.2 Å². The fourth-order valence-corrected chi connectivity index (χ4v) is 5.73. The second-order valence-corrected chi connectivity index (χ2v) is 12.5. The summed E-state index contributed by atoms with van der Waals surface area (Å²) >= 11 is 12.3. The van der Waals surface area contributed by atoms with Crippen LogP contribution in [-0.2, 0) is 25.0 Å². The maximum Gasteiger partial charge on any atom is 0.296 e. The average Bonchev–Trinajstić information content (AvgIpc) is 3.30. The maximum atomic E-state index is 11.9. The fraction of sp³-hybridized carbons (Fsp3) is 0.292. The Kier molecular flexibility index (Phi) is 10.7. The first-order valence-corrected chi connectivity index (χ1v) is 15.9. The van der Waals surface area contributed by atoms with Gasteiger partial charge in [-0.05, 0) is 50.1 Å². The van der Waals surface area contributed by atoms with Crippen LogP contribution in [0.5, 0.6) is 0 Å². The number of carbonyl (C=O) groups is 1. The highest BCUT2D eigenvalue weighted by atomic mass is 35.5. The Bertz CT molecular complexity index is 1790. The molecule has 2 aromatic carbocycles. The van der Waals surface area contributed by atoms with Gasteiger partial charge in [-0.25, -0.2) is 4.68 Å². The molecule has 3 rings (SSSR count). The first-order chi connectivity index (χ1) is 19.6. The first kappa shape index (κ1) is 32.9. The summed E-state index contributed by atoms with van der Waals surface area (Å²) in [5, 5.41) is 24.2. The number of azo groups is 1. The lowest BCUT2D eigenvalue weighted by Gasteiger charge is -2.24. The van der Waals surface area contributed by atoms with Gasteiger partial charge in [-0.3, -0.25) is 13.9 Å². The third kappa shape index (κ3) is 8.47. The van der Waals surface area contributed by atoms with E-state index in [0.717, 1.165) is 16.8 Å². The van der Waals surface area contributed by atoms with Crippen LogP contribution >= 0.6 is 23.2 Å². The number of nitriles is 1. The Morgan fingerprint density at radius 2 is 1.83 bits per heavy atom. The lowest BCUT2D eigenvalue weighted by Crippen LogP contribution is -2.24. The van der Waals surface area contributed by atoms with Gasteiger partial charge in [-0.1, -0.05) is 23.2 Å². The van der Waals surface area contributed by atoms with Crippen LogP contribution in [0.2, 0.25) is 10.0 Å². The van der Waals surface area contributed by atoms with Gasteiger partial charge in [-0.15, -0.1) is 10.2 Å². The van der Waals surface area contributed by atoms with Gasteiger partial charge in [0.05, 0.1) is 33.4 Å². The summed E-state index contributed by atoms with van der Waals surface area (Å²) in [4.78, 5) is 13.3. The summed E-state index contributed by atoms with van der Waals surface area (Å²) in [6.07, 6.45) is 1.94. The van der Waals surface area contributed by atoms with E-state index in [9.17, 15) is 31.4 Å².